The van der Waals surface area contributed by atoms with Crippen LogP contribution in [0.4, 0.5) is 0 Å². The first-order valence-electron chi connectivity index (χ1n) is 3.66. The largest absolute Gasteiger partial charge is 0.475 e. The monoisotopic (exact) mass is 230 g/mol. The Balaban J connectivity index is 2.43. The number of carboxylic acids is 1. The first-order chi connectivity index (χ1) is 5.68. The highest BCUT2D eigenvalue weighted by Crippen LogP contribution is 2.36. The molecule has 1 aliphatic rings. The third kappa shape index (κ3) is 1.24. The van der Waals surface area contributed by atoms with Crippen LogP contribution in [0.5, 0.6) is 0 Å². The van der Waals surface area contributed by atoms with Crippen molar-refractivity contribution in [1.82, 2.24) is 9.55 Å². The smallest absolute Gasteiger partial charge is 0.372 e. The second-order valence-electron chi connectivity index (χ2n) is 2.83. The zero-order chi connectivity index (χ0) is 8.72. The highest BCUT2D eigenvalue weighted by Gasteiger charge is 2.28. The van der Waals surface area contributed by atoms with Crippen LogP contribution in [0.3, 0.4) is 0 Å². The average molecular weight is 231 g/mol. The van der Waals surface area contributed by atoms with Crippen molar-refractivity contribution >= 4 is 21.9 Å². The van der Waals surface area contributed by atoms with Crippen LogP contribution in [0.25, 0.3) is 0 Å². The lowest BCUT2D eigenvalue weighted by molar-refractivity contribution is 0.0678. The summed E-state index contributed by atoms with van der Waals surface area (Å²) >= 11 is 3.15. The average Bonchev–Trinajstić information content (AvgIpc) is 2.75. The van der Waals surface area contributed by atoms with Crippen molar-refractivity contribution in [3.05, 3.63) is 16.6 Å². The molecule has 5 heteroatoms. The summed E-state index contributed by atoms with van der Waals surface area (Å²) in [6, 6.07) is 0.356. The zero-order valence-electron chi connectivity index (χ0n) is 6.20. The minimum Gasteiger partial charge on any atom is -0.475 e. The van der Waals surface area contributed by atoms with Gasteiger partial charge >= 0.3 is 5.97 Å². The van der Waals surface area contributed by atoms with Gasteiger partial charge in [0.15, 0.2) is 0 Å². The number of rotatable bonds is 2. The molecule has 1 N–H and O–H groups in total. The van der Waals surface area contributed by atoms with Gasteiger partial charge in [0, 0.05) is 12.2 Å². The molecule has 0 saturated heterocycles. The molecular weight excluding hydrogens is 224 g/mol. The van der Waals surface area contributed by atoms with Gasteiger partial charge in [0.05, 0.1) is 0 Å². The molecule has 1 heterocycles. The van der Waals surface area contributed by atoms with Gasteiger partial charge in [0.1, 0.15) is 4.60 Å². The maximum atomic E-state index is 10.7. The maximum Gasteiger partial charge on any atom is 0.372 e. The highest BCUT2D eigenvalue weighted by atomic mass is 79.9. The van der Waals surface area contributed by atoms with Gasteiger partial charge < -0.3 is 9.67 Å². The fourth-order valence-corrected chi connectivity index (χ4v) is 1.54. The van der Waals surface area contributed by atoms with Gasteiger partial charge in [-0.2, -0.15) is 0 Å². The molecule has 1 fully saturated rings. The minimum absolute atomic E-state index is 0.129. The van der Waals surface area contributed by atoms with Gasteiger partial charge in [-0.15, -0.1) is 0 Å². The van der Waals surface area contributed by atoms with Crippen LogP contribution in [0.2, 0.25) is 0 Å². The number of carboxylic acid groups (broad SMARTS) is 1. The molecule has 0 spiro atoms. The van der Waals surface area contributed by atoms with E-state index in [1.54, 1.807) is 10.8 Å². The number of aromatic nitrogens is 2. The van der Waals surface area contributed by atoms with Crippen LogP contribution in [0.15, 0.2) is 10.8 Å². The first-order valence-corrected chi connectivity index (χ1v) is 4.45. The quantitative estimate of drug-likeness (QED) is 0.842. The van der Waals surface area contributed by atoms with Crippen LogP contribution in [0, 0.1) is 0 Å². The summed E-state index contributed by atoms with van der Waals surface area (Å²) < 4.78 is 2.30. The van der Waals surface area contributed by atoms with Crippen LogP contribution >= 0.6 is 15.9 Å². The van der Waals surface area contributed by atoms with E-state index in [9.17, 15) is 4.79 Å². The van der Waals surface area contributed by atoms with Crippen molar-refractivity contribution in [2.45, 2.75) is 18.9 Å². The number of hydrogen-bond donors (Lipinski definition) is 1. The van der Waals surface area contributed by atoms with Crippen molar-refractivity contribution in [2.24, 2.45) is 0 Å². The predicted octanol–water partition coefficient (Wildman–Crippen LogP) is 1.68. The Morgan fingerprint density at radius 1 is 1.75 bits per heavy atom. The lowest BCUT2D eigenvalue weighted by atomic mass is 10.5. The molecule has 12 heavy (non-hydrogen) atoms. The Kier molecular flexibility index (Phi) is 1.68. The van der Waals surface area contributed by atoms with Crippen LogP contribution in [-0.4, -0.2) is 20.6 Å². The fraction of sp³-hybridized carbons (Fsp3) is 0.429. The fourth-order valence-electron chi connectivity index (χ4n) is 1.15. The van der Waals surface area contributed by atoms with Crippen molar-refractivity contribution in [2.75, 3.05) is 0 Å². The van der Waals surface area contributed by atoms with E-state index in [4.69, 9.17) is 5.11 Å². The molecule has 0 bridgehead atoms. The molecule has 0 aromatic carbocycles. The van der Waals surface area contributed by atoms with E-state index < -0.39 is 5.97 Å². The minimum atomic E-state index is -0.965. The molecule has 0 aliphatic heterocycles. The van der Waals surface area contributed by atoms with Crippen LogP contribution < -0.4 is 0 Å². The van der Waals surface area contributed by atoms with E-state index in [0.29, 0.717) is 10.6 Å². The Labute approximate surface area is 77.3 Å². The van der Waals surface area contributed by atoms with Gasteiger partial charge in [0.2, 0.25) is 5.82 Å². The molecule has 1 aliphatic carbocycles. The van der Waals surface area contributed by atoms with Crippen molar-refractivity contribution < 1.29 is 9.90 Å². The van der Waals surface area contributed by atoms with Gasteiger partial charge in [-0.1, -0.05) is 0 Å². The molecule has 0 radical (unpaired) electrons. The van der Waals surface area contributed by atoms with E-state index >= 15 is 0 Å². The van der Waals surface area contributed by atoms with Crippen molar-refractivity contribution in [1.29, 1.82) is 0 Å². The van der Waals surface area contributed by atoms with E-state index in [0.717, 1.165) is 12.8 Å². The van der Waals surface area contributed by atoms with E-state index in [-0.39, 0.29) is 5.82 Å². The lowest BCUT2D eigenvalue weighted by Crippen LogP contribution is -2.07. The van der Waals surface area contributed by atoms with Gasteiger partial charge in [0.25, 0.3) is 0 Å². The van der Waals surface area contributed by atoms with Crippen molar-refractivity contribution in [3.8, 4) is 0 Å². The van der Waals surface area contributed by atoms with Crippen molar-refractivity contribution in [3.63, 3.8) is 0 Å². The second kappa shape index (κ2) is 2.58. The summed E-state index contributed by atoms with van der Waals surface area (Å²) in [5.74, 6) is -0.836. The van der Waals surface area contributed by atoms with Gasteiger partial charge in [-0.25, -0.2) is 9.78 Å². The third-order valence-electron chi connectivity index (χ3n) is 1.83. The van der Waals surface area contributed by atoms with E-state index in [1.165, 1.54) is 0 Å². The molecule has 1 aromatic heterocycles. The molecule has 64 valence electrons. The molecule has 0 unspecified atom stereocenters. The summed E-state index contributed by atoms with van der Waals surface area (Å²) in [7, 11) is 0. The summed E-state index contributed by atoms with van der Waals surface area (Å²) in [5, 5.41) is 8.75. The summed E-state index contributed by atoms with van der Waals surface area (Å²) in [4.78, 5) is 14.5. The number of nitrogens with zero attached hydrogens (tertiary/aromatic N) is 2. The summed E-state index contributed by atoms with van der Waals surface area (Å²) in [6.07, 6.45) is 3.84. The number of hydrogen-bond acceptors (Lipinski definition) is 2. The number of carbonyl (C=O) groups is 1. The van der Waals surface area contributed by atoms with E-state index in [2.05, 4.69) is 20.9 Å². The summed E-state index contributed by atoms with van der Waals surface area (Å²) in [5.41, 5.74) is 0. The van der Waals surface area contributed by atoms with Gasteiger partial charge in [-0.05, 0) is 28.8 Å². The molecular formula is C7H7BrN2O2. The Morgan fingerprint density at radius 2 is 2.42 bits per heavy atom. The number of imidazole rings is 1. The Bertz CT molecular complexity index is 330. The Morgan fingerprint density at radius 3 is 2.92 bits per heavy atom. The first kappa shape index (κ1) is 7.79. The third-order valence-corrected chi connectivity index (χ3v) is 2.22. The number of aromatic carboxylic acids is 1. The molecule has 0 atom stereocenters. The second-order valence-corrected chi connectivity index (χ2v) is 3.64. The van der Waals surface area contributed by atoms with Crippen LogP contribution in [-0.2, 0) is 0 Å². The van der Waals surface area contributed by atoms with Gasteiger partial charge in [-0.3, -0.25) is 0 Å². The molecule has 4 nitrogen and oxygen atoms in total. The molecule has 1 aromatic rings. The molecule has 1 saturated carbocycles. The zero-order valence-corrected chi connectivity index (χ0v) is 7.78. The molecule has 2 rings (SSSR count). The lowest BCUT2D eigenvalue weighted by Gasteiger charge is -1.99. The predicted molar refractivity (Wildman–Crippen MR) is 45.2 cm³/mol. The maximum absolute atomic E-state index is 10.7. The SMILES string of the molecule is O=C(O)c1nc(Br)cn1C1CC1. The topological polar surface area (TPSA) is 55.1 Å². The molecule has 0 amide bonds. The highest BCUT2D eigenvalue weighted by molar-refractivity contribution is 9.10. The van der Waals surface area contributed by atoms with E-state index in [1.807, 2.05) is 0 Å². The van der Waals surface area contributed by atoms with Crippen LogP contribution in [0.1, 0.15) is 29.5 Å². The summed E-state index contributed by atoms with van der Waals surface area (Å²) in [6.45, 7) is 0. The normalized spacial score (nSPS) is 16.4. The Hall–Kier alpha value is -0.840. The standard InChI is InChI=1S/C7H7BrN2O2/c8-5-3-10(4-1-2-4)6(9-5)7(11)12/h3-4H,1-2H2,(H,11,12). The number of halogens is 1.